The van der Waals surface area contributed by atoms with Gasteiger partial charge in [0, 0.05) is 18.0 Å². The van der Waals surface area contributed by atoms with E-state index in [1.165, 1.54) is 23.5 Å². The minimum absolute atomic E-state index is 0.150. The van der Waals surface area contributed by atoms with Gasteiger partial charge in [0.25, 0.3) is 5.91 Å². The number of nitrogens with one attached hydrogen (secondary N) is 1. The number of carbonyl (C=O) groups is 1. The number of nitrogens with zero attached hydrogens (tertiary/aromatic N) is 2. The molecule has 0 bridgehead atoms. The molecule has 1 aromatic heterocycles. The van der Waals surface area contributed by atoms with Crippen LogP contribution in [-0.4, -0.2) is 40.0 Å². The standard InChI is InChI=1S/C17H20FN3O2S/c1-2-19-17-20-14(10-24-17)16(23)21(13-7-8-13)9-15(22)11-3-5-12(18)6-4-11/h3-6,10,13,15,22H,2,7-9H2,1H3,(H,19,20). The van der Waals surface area contributed by atoms with Crippen LogP contribution in [0.4, 0.5) is 9.52 Å². The van der Waals surface area contributed by atoms with Crippen molar-refractivity contribution in [3.8, 4) is 0 Å². The van der Waals surface area contributed by atoms with E-state index in [0.717, 1.165) is 24.5 Å². The third-order valence-electron chi connectivity index (χ3n) is 3.92. The van der Waals surface area contributed by atoms with Crippen LogP contribution in [0.1, 0.15) is 41.9 Å². The second-order valence-corrected chi connectivity index (χ2v) is 6.68. The van der Waals surface area contributed by atoms with Gasteiger partial charge in [-0.1, -0.05) is 12.1 Å². The fourth-order valence-electron chi connectivity index (χ4n) is 2.51. The molecular formula is C17H20FN3O2S. The lowest BCUT2D eigenvalue weighted by molar-refractivity contribution is 0.0598. The Bertz CT molecular complexity index is 700. The summed E-state index contributed by atoms with van der Waals surface area (Å²) in [7, 11) is 0. The van der Waals surface area contributed by atoms with Crippen molar-refractivity contribution in [1.82, 2.24) is 9.88 Å². The first-order valence-corrected chi connectivity index (χ1v) is 8.90. The summed E-state index contributed by atoms with van der Waals surface area (Å²) >= 11 is 1.39. The van der Waals surface area contributed by atoms with Crippen molar-refractivity contribution in [1.29, 1.82) is 0 Å². The number of thiazole rings is 1. The Kier molecular flexibility index (Phi) is 5.11. The van der Waals surface area contributed by atoms with Crippen LogP contribution in [-0.2, 0) is 0 Å². The van der Waals surface area contributed by atoms with Crippen molar-refractivity contribution in [3.05, 3.63) is 46.7 Å². The zero-order valence-corrected chi connectivity index (χ0v) is 14.2. The molecular weight excluding hydrogens is 329 g/mol. The molecule has 1 saturated carbocycles. The van der Waals surface area contributed by atoms with Crippen LogP contribution in [0.3, 0.4) is 0 Å². The summed E-state index contributed by atoms with van der Waals surface area (Å²) in [5.41, 5.74) is 0.996. The van der Waals surface area contributed by atoms with Crippen LogP contribution in [0.15, 0.2) is 29.6 Å². The second kappa shape index (κ2) is 7.27. The number of halogens is 1. The maximum atomic E-state index is 13.0. The van der Waals surface area contributed by atoms with E-state index < -0.39 is 6.10 Å². The molecule has 128 valence electrons. The fraction of sp³-hybridized carbons (Fsp3) is 0.412. The molecule has 2 N–H and O–H groups in total. The lowest BCUT2D eigenvalue weighted by atomic mass is 10.1. The Balaban J connectivity index is 1.71. The van der Waals surface area contributed by atoms with Gasteiger partial charge in [-0.2, -0.15) is 0 Å². The molecule has 5 nitrogen and oxygen atoms in total. The number of anilines is 1. The molecule has 3 rings (SSSR count). The number of carbonyl (C=O) groups excluding carboxylic acids is 1. The molecule has 0 aliphatic heterocycles. The Hall–Kier alpha value is -1.99. The lowest BCUT2D eigenvalue weighted by Crippen LogP contribution is -2.36. The number of benzene rings is 1. The SMILES string of the molecule is CCNc1nc(C(=O)N(CC(O)c2ccc(F)cc2)C2CC2)cs1. The topological polar surface area (TPSA) is 65.5 Å². The van der Waals surface area contributed by atoms with Gasteiger partial charge >= 0.3 is 0 Å². The van der Waals surface area contributed by atoms with Gasteiger partial charge in [-0.05, 0) is 37.5 Å². The first-order chi connectivity index (χ1) is 11.6. The summed E-state index contributed by atoms with van der Waals surface area (Å²) < 4.78 is 13.0. The largest absolute Gasteiger partial charge is 0.387 e. The Morgan fingerprint density at radius 1 is 1.46 bits per heavy atom. The van der Waals surface area contributed by atoms with Crippen molar-refractivity contribution < 1.29 is 14.3 Å². The maximum absolute atomic E-state index is 13.0. The van der Waals surface area contributed by atoms with Gasteiger partial charge in [0.15, 0.2) is 5.13 Å². The van der Waals surface area contributed by atoms with Gasteiger partial charge in [-0.15, -0.1) is 11.3 Å². The van der Waals surface area contributed by atoms with E-state index in [1.54, 1.807) is 22.4 Å². The van der Waals surface area contributed by atoms with Crippen LogP contribution in [0.25, 0.3) is 0 Å². The molecule has 7 heteroatoms. The van der Waals surface area contributed by atoms with E-state index in [4.69, 9.17) is 0 Å². The minimum Gasteiger partial charge on any atom is -0.387 e. The molecule has 1 atom stereocenters. The minimum atomic E-state index is -0.845. The molecule has 1 aliphatic rings. The molecule has 1 unspecified atom stereocenters. The van der Waals surface area contributed by atoms with Gasteiger partial charge in [-0.25, -0.2) is 9.37 Å². The molecule has 2 aromatic rings. The molecule has 0 radical (unpaired) electrons. The monoisotopic (exact) mass is 349 g/mol. The third-order valence-corrected chi connectivity index (χ3v) is 4.72. The second-order valence-electron chi connectivity index (χ2n) is 5.82. The average Bonchev–Trinajstić information content (AvgIpc) is 3.31. The smallest absolute Gasteiger partial charge is 0.273 e. The molecule has 1 aliphatic carbocycles. The molecule has 1 heterocycles. The van der Waals surface area contributed by atoms with Crippen molar-refractivity contribution in [3.63, 3.8) is 0 Å². The van der Waals surface area contributed by atoms with Crippen LogP contribution in [0.2, 0.25) is 0 Å². The number of aliphatic hydroxyl groups is 1. The van der Waals surface area contributed by atoms with Crippen LogP contribution >= 0.6 is 11.3 Å². The van der Waals surface area contributed by atoms with Crippen molar-refractivity contribution >= 4 is 22.4 Å². The molecule has 24 heavy (non-hydrogen) atoms. The maximum Gasteiger partial charge on any atom is 0.273 e. The number of aromatic nitrogens is 1. The summed E-state index contributed by atoms with van der Waals surface area (Å²) in [6.07, 6.45) is 1.03. The van der Waals surface area contributed by atoms with Crippen LogP contribution in [0, 0.1) is 5.82 Å². The number of hydrogen-bond acceptors (Lipinski definition) is 5. The predicted octanol–water partition coefficient (Wildman–Crippen LogP) is 3.05. The average molecular weight is 349 g/mol. The van der Waals surface area contributed by atoms with Crippen LogP contribution < -0.4 is 5.32 Å². The van der Waals surface area contributed by atoms with Gasteiger partial charge in [-0.3, -0.25) is 4.79 Å². The van der Waals surface area contributed by atoms with E-state index in [-0.39, 0.29) is 24.3 Å². The van der Waals surface area contributed by atoms with E-state index in [0.29, 0.717) is 11.3 Å². The number of hydrogen-bond donors (Lipinski definition) is 2. The highest BCUT2D eigenvalue weighted by molar-refractivity contribution is 7.13. The van der Waals surface area contributed by atoms with Crippen molar-refractivity contribution in [2.24, 2.45) is 0 Å². The Labute approximate surface area is 144 Å². The summed E-state index contributed by atoms with van der Waals surface area (Å²) in [6.45, 7) is 2.90. The Morgan fingerprint density at radius 2 is 2.17 bits per heavy atom. The van der Waals surface area contributed by atoms with Gasteiger partial charge in [0.2, 0.25) is 0 Å². The fourth-order valence-corrected chi connectivity index (χ4v) is 3.27. The van der Waals surface area contributed by atoms with E-state index in [2.05, 4.69) is 10.3 Å². The summed E-state index contributed by atoms with van der Waals surface area (Å²) in [5.74, 6) is -0.515. The number of aliphatic hydroxyl groups excluding tert-OH is 1. The highest BCUT2D eigenvalue weighted by Gasteiger charge is 2.35. The summed E-state index contributed by atoms with van der Waals surface area (Å²) in [5, 5.41) is 15.9. The predicted molar refractivity (Wildman–Crippen MR) is 91.7 cm³/mol. The van der Waals surface area contributed by atoms with E-state index in [9.17, 15) is 14.3 Å². The first kappa shape index (κ1) is 16.9. The van der Waals surface area contributed by atoms with Crippen LogP contribution in [0.5, 0.6) is 0 Å². The van der Waals surface area contributed by atoms with E-state index in [1.807, 2.05) is 6.92 Å². The van der Waals surface area contributed by atoms with E-state index >= 15 is 0 Å². The van der Waals surface area contributed by atoms with Gasteiger partial charge < -0.3 is 15.3 Å². The first-order valence-electron chi connectivity index (χ1n) is 8.02. The molecule has 0 saturated heterocycles. The number of amides is 1. The quantitative estimate of drug-likeness (QED) is 0.806. The highest BCUT2D eigenvalue weighted by atomic mass is 32.1. The van der Waals surface area contributed by atoms with Crippen molar-refractivity contribution in [2.75, 3.05) is 18.4 Å². The molecule has 0 spiro atoms. The summed E-state index contributed by atoms with van der Waals surface area (Å²) in [4.78, 5) is 18.7. The molecule has 1 aromatic carbocycles. The normalized spacial score (nSPS) is 15.1. The zero-order valence-electron chi connectivity index (χ0n) is 13.4. The zero-order chi connectivity index (χ0) is 17.1. The number of rotatable bonds is 7. The summed E-state index contributed by atoms with van der Waals surface area (Å²) in [6, 6.07) is 5.86. The van der Waals surface area contributed by atoms with Gasteiger partial charge in [0.05, 0.1) is 12.6 Å². The third kappa shape index (κ3) is 3.91. The highest BCUT2D eigenvalue weighted by Crippen LogP contribution is 2.31. The molecule has 1 amide bonds. The Morgan fingerprint density at radius 3 is 2.79 bits per heavy atom. The molecule has 1 fully saturated rings. The lowest BCUT2D eigenvalue weighted by Gasteiger charge is -2.24. The van der Waals surface area contributed by atoms with Gasteiger partial charge in [0.1, 0.15) is 11.5 Å². The van der Waals surface area contributed by atoms with Crippen molar-refractivity contribution in [2.45, 2.75) is 31.9 Å².